The van der Waals surface area contributed by atoms with Gasteiger partial charge in [-0.25, -0.2) is 0 Å². The summed E-state index contributed by atoms with van der Waals surface area (Å²) < 4.78 is 10.00. The minimum Gasteiger partial charge on any atom is -0.311 e. The molecule has 0 amide bonds. The zero-order valence-electron chi connectivity index (χ0n) is 52.8. The van der Waals surface area contributed by atoms with Gasteiger partial charge in [0.1, 0.15) is 0 Å². The van der Waals surface area contributed by atoms with Crippen molar-refractivity contribution in [1.29, 1.82) is 0 Å². The molecule has 2 aliphatic heterocycles. The lowest BCUT2D eigenvalue weighted by Crippen LogP contribution is -2.82. The fraction of sp³-hybridized carbons (Fsp3) is 0. The van der Waals surface area contributed by atoms with Gasteiger partial charge >= 0.3 is 0 Å². The highest BCUT2D eigenvalue weighted by Gasteiger charge is 2.56. The SMILES string of the molecule is c1ccc([Si]2(c3ccccc3)c3ccccc3N3c4ccccc4[Si](c4cccc(-n5c6ccccc6c6ccccc65)c4)(c4cccc(-n5c6ccc(-n7c8ccccc8c8ccccc87)cc6c6cc(-n7c8ccccc8c8ccccc87)ccc65)c4)c4cccc2c43)cc1. The standard InChI is InChI=1S/C90H59N5Si2/c1-3-28-64(29-4-1)96(65-30-5-2-6-31-65)86-48-21-19-46-84(86)95-85-47-20-22-49-87(85)97(89-51-25-50-88(96)90(89)95,66-32-23-26-60(56-66)91-76-40-13-7-34-68(76)69-35-8-14-41-77(69)91)67-33-24-27-61(57-67)92-82-54-52-62(93-78-42-15-9-36-70(78)71-37-10-16-43-79(71)93)58-74(82)75-59-63(53-55-83(75)92)94-80-44-17-11-38-72(80)73-39-12-18-45-81(73)94/h1-59H. The van der Waals surface area contributed by atoms with Crippen molar-refractivity contribution in [1.82, 2.24) is 18.3 Å². The number of hydrogen-bond donors (Lipinski definition) is 0. The molecule has 5 nitrogen and oxygen atoms in total. The van der Waals surface area contributed by atoms with Crippen molar-refractivity contribution in [2.75, 3.05) is 4.90 Å². The van der Waals surface area contributed by atoms with Crippen molar-refractivity contribution in [3.63, 3.8) is 0 Å². The molecule has 1 unspecified atom stereocenters. The molecule has 0 fully saturated rings. The van der Waals surface area contributed by atoms with E-state index in [1.165, 1.54) is 135 Å². The van der Waals surface area contributed by atoms with Crippen LogP contribution in [0.15, 0.2) is 358 Å². The number of fused-ring (bicyclic) bond motifs is 16. The summed E-state index contributed by atoms with van der Waals surface area (Å²) in [6.45, 7) is 0. The zero-order chi connectivity index (χ0) is 63.5. The van der Waals surface area contributed by atoms with E-state index < -0.39 is 16.1 Å². The van der Waals surface area contributed by atoms with Crippen LogP contribution in [-0.4, -0.2) is 34.4 Å². The number of benzene rings is 15. The number of nitrogens with zero attached hydrogens (tertiary/aromatic N) is 5. The van der Waals surface area contributed by atoms with Crippen LogP contribution in [0.5, 0.6) is 0 Å². The Morgan fingerprint density at radius 3 is 0.814 bits per heavy atom. The molecule has 0 aliphatic carbocycles. The van der Waals surface area contributed by atoms with Gasteiger partial charge in [-0.2, -0.15) is 0 Å². The van der Waals surface area contributed by atoms with Crippen molar-refractivity contribution < 1.29 is 0 Å². The van der Waals surface area contributed by atoms with E-state index in [4.69, 9.17) is 0 Å². The van der Waals surface area contributed by atoms with Crippen molar-refractivity contribution in [2.24, 2.45) is 0 Å². The summed E-state index contributed by atoms with van der Waals surface area (Å²) in [5.41, 5.74) is 17.7. The smallest absolute Gasteiger partial charge is 0.184 e. The number of anilines is 3. The molecule has 15 aromatic carbocycles. The van der Waals surface area contributed by atoms with Crippen LogP contribution < -0.4 is 46.4 Å². The van der Waals surface area contributed by atoms with Crippen molar-refractivity contribution >= 4 is 162 Å². The zero-order valence-corrected chi connectivity index (χ0v) is 54.8. The van der Waals surface area contributed by atoms with E-state index in [9.17, 15) is 0 Å². The molecule has 1 atom stereocenters. The number of hydrogen-bond acceptors (Lipinski definition) is 1. The Hall–Kier alpha value is -12.3. The molecule has 0 bridgehead atoms. The van der Waals surface area contributed by atoms with E-state index in [1.54, 1.807) is 0 Å². The quantitative estimate of drug-likeness (QED) is 0.139. The van der Waals surface area contributed by atoms with Crippen LogP contribution in [0, 0.1) is 0 Å². The van der Waals surface area contributed by atoms with Gasteiger partial charge in [0.25, 0.3) is 0 Å². The molecule has 0 N–H and O–H groups in total. The second-order valence-corrected chi connectivity index (χ2v) is 33.7. The average molecular weight is 1270 g/mol. The van der Waals surface area contributed by atoms with Gasteiger partial charge in [-0.05, 0) is 151 Å². The van der Waals surface area contributed by atoms with E-state index in [0.29, 0.717) is 0 Å². The topological polar surface area (TPSA) is 23.0 Å². The van der Waals surface area contributed by atoms with Crippen molar-refractivity contribution in [3.05, 3.63) is 358 Å². The van der Waals surface area contributed by atoms with Gasteiger partial charge in [0.15, 0.2) is 16.1 Å². The molecule has 452 valence electrons. The largest absolute Gasteiger partial charge is 0.311 e. The maximum atomic E-state index is 2.68. The number of rotatable bonds is 8. The molecule has 21 rings (SSSR count). The Labute approximate surface area is 562 Å². The summed E-state index contributed by atoms with van der Waals surface area (Å²) >= 11 is 0. The third kappa shape index (κ3) is 7.36. The molecule has 0 spiro atoms. The predicted molar refractivity (Wildman–Crippen MR) is 413 cm³/mol. The number of aromatic nitrogens is 4. The van der Waals surface area contributed by atoms with Gasteiger partial charge in [-0.3, -0.25) is 0 Å². The van der Waals surface area contributed by atoms with Crippen LogP contribution in [0.2, 0.25) is 0 Å². The van der Waals surface area contributed by atoms with E-state index in [0.717, 1.165) is 33.8 Å². The normalized spacial score (nSPS) is 14.7. The molecular weight excluding hydrogens is 1210 g/mol. The Bertz CT molecular complexity index is 6120. The second kappa shape index (κ2) is 20.6. The predicted octanol–water partition coefficient (Wildman–Crippen LogP) is 16.9. The lowest BCUT2D eigenvalue weighted by atomic mass is 10.1. The van der Waals surface area contributed by atoms with Gasteiger partial charge < -0.3 is 23.2 Å². The minimum absolute atomic E-state index is 1.12. The lowest BCUT2D eigenvalue weighted by Gasteiger charge is -2.52. The lowest BCUT2D eigenvalue weighted by molar-refractivity contribution is 1.16. The fourth-order valence-electron chi connectivity index (χ4n) is 17.9. The van der Waals surface area contributed by atoms with Gasteiger partial charge in [-0.1, -0.05) is 249 Å². The highest BCUT2D eigenvalue weighted by Crippen LogP contribution is 2.44. The first-order valence-corrected chi connectivity index (χ1v) is 37.7. The van der Waals surface area contributed by atoms with Crippen LogP contribution in [0.1, 0.15) is 0 Å². The molecular formula is C90H59N5Si2. The van der Waals surface area contributed by atoms with Crippen molar-refractivity contribution in [3.8, 4) is 22.7 Å². The van der Waals surface area contributed by atoms with Gasteiger partial charge in [0.2, 0.25) is 0 Å². The van der Waals surface area contributed by atoms with Crippen LogP contribution in [0.25, 0.3) is 110 Å². The highest BCUT2D eigenvalue weighted by atomic mass is 28.3. The van der Waals surface area contributed by atoms with Crippen LogP contribution in [0.3, 0.4) is 0 Å². The summed E-state index contributed by atoms with van der Waals surface area (Å²) in [7, 11) is -6.61. The summed E-state index contributed by atoms with van der Waals surface area (Å²) in [5, 5.41) is 20.8. The van der Waals surface area contributed by atoms with E-state index in [1.807, 2.05) is 0 Å². The minimum atomic E-state index is -3.52. The van der Waals surface area contributed by atoms with Crippen LogP contribution in [-0.2, 0) is 0 Å². The van der Waals surface area contributed by atoms with E-state index in [2.05, 4.69) is 381 Å². The van der Waals surface area contributed by atoms with E-state index >= 15 is 0 Å². The first-order valence-electron chi connectivity index (χ1n) is 33.7. The molecule has 0 saturated carbocycles. The third-order valence-corrected chi connectivity index (χ3v) is 31.3. The first kappa shape index (κ1) is 54.2. The molecule has 6 heterocycles. The van der Waals surface area contributed by atoms with Gasteiger partial charge in [0.05, 0.1) is 44.1 Å². The second-order valence-electron chi connectivity index (χ2n) is 26.3. The Morgan fingerprint density at radius 1 is 0.175 bits per heavy atom. The summed E-state index contributed by atoms with van der Waals surface area (Å²) in [4.78, 5) is 2.68. The average Bonchev–Trinajstić information content (AvgIpc) is 1.54. The van der Waals surface area contributed by atoms with Crippen LogP contribution in [0.4, 0.5) is 17.1 Å². The molecule has 97 heavy (non-hydrogen) atoms. The van der Waals surface area contributed by atoms with E-state index in [-0.39, 0.29) is 0 Å². The number of para-hydroxylation sites is 9. The summed E-state index contributed by atoms with van der Waals surface area (Å²) in [6.07, 6.45) is 0. The molecule has 4 aromatic heterocycles. The fourth-order valence-corrected chi connectivity index (χ4v) is 28.3. The Morgan fingerprint density at radius 2 is 0.443 bits per heavy atom. The Balaban J connectivity index is 0.873. The summed E-state index contributed by atoms with van der Waals surface area (Å²) in [6, 6.07) is 137. The third-order valence-electron chi connectivity index (χ3n) is 21.6. The Kier molecular flexibility index (Phi) is 11.5. The maximum absolute atomic E-state index is 3.52. The molecule has 2 aliphatic rings. The maximum Gasteiger partial charge on any atom is 0.184 e. The highest BCUT2D eigenvalue weighted by molar-refractivity contribution is 7.24. The summed E-state index contributed by atoms with van der Waals surface area (Å²) in [5.74, 6) is 0. The van der Waals surface area contributed by atoms with Crippen molar-refractivity contribution in [2.45, 2.75) is 0 Å². The van der Waals surface area contributed by atoms with Gasteiger partial charge in [-0.15, -0.1) is 0 Å². The molecule has 19 aromatic rings. The van der Waals surface area contributed by atoms with Crippen LogP contribution >= 0.6 is 0 Å². The van der Waals surface area contributed by atoms with Gasteiger partial charge in [0, 0.05) is 82.9 Å². The monoisotopic (exact) mass is 1270 g/mol. The molecule has 0 saturated heterocycles. The molecule has 7 heteroatoms. The first-order chi connectivity index (χ1) is 48.2. The molecule has 0 radical (unpaired) electrons.